The van der Waals surface area contributed by atoms with Crippen molar-refractivity contribution in [3.05, 3.63) is 0 Å². The van der Waals surface area contributed by atoms with Crippen LogP contribution in [-0.4, -0.2) is 66.8 Å². The molecule has 1 rings (SSSR count). The Morgan fingerprint density at radius 2 is 1.78 bits per heavy atom. The number of carbonyl (C=O) groups excluding carboxylic acids is 3. The van der Waals surface area contributed by atoms with E-state index < -0.39 is 24.0 Å². The summed E-state index contributed by atoms with van der Waals surface area (Å²) in [5, 5.41) is 3.41. The molecular weight excluding hydrogens is 350 g/mol. The number of unbranched alkanes of at least 4 members (excludes halogenated alkanes) is 3. The molecule has 0 aromatic rings. The average molecular weight is 386 g/mol. The number of carbonyl (C=O) groups is 3. The number of esters is 1. The van der Waals surface area contributed by atoms with Crippen molar-refractivity contribution in [1.29, 1.82) is 0 Å². The van der Waals surface area contributed by atoms with Gasteiger partial charge in [-0.05, 0) is 32.4 Å². The lowest BCUT2D eigenvalue weighted by Gasteiger charge is -2.30. The highest BCUT2D eigenvalue weighted by Gasteiger charge is 2.24. The first-order chi connectivity index (χ1) is 12.9. The van der Waals surface area contributed by atoms with Gasteiger partial charge in [0.1, 0.15) is 12.7 Å². The zero-order valence-corrected chi connectivity index (χ0v) is 17.0. The molecule has 0 radical (unpaired) electrons. The SMILES string of the molecule is CCCCCCNC(=O)N(OCC(CN1CCCCC1)OC(C)=O)C(C)=O. The maximum atomic E-state index is 12.2. The number of rotatable bonds is 11. The van der Waals surface area contributed by atoms with Crippen LogP contribution in [0, 0.1) is 0 Å². The number of likely N-dealkylation sites (tertiary alicyclic amines) is 1. The zero-order chi connectivity index (χ0) is 20.1. The quantitative estimate of drug-likeness (QED) is 0.334. The smallest absolute Gasteiger partial charge is 0.348 e. The Balaban J connectivity index is 2.49. The fourth-order valence-corrected chi connectivity index (χ4v) is 3.06. The van der Waals surface area contributed by atoms with Crippen molar-refractivity contribution in [1.82, 2.24) is 15.3 Å². The van der Waals surface area contributed by atoms with E-state index in [0.29, 0.717) is 18.2 Å². The molecule has 1 atom stereocenters. The predicted octanol–water partition coefficient (Wildman–Crippen LogP) is 2.47. The van der Waals surface area contributed by atoms with E-state index in [-0.39, 0.29) is 6.61 Å². The lowest BCUT2D eigenvalue weighted by atomic mass is 10.1. The number of hydrogen-bond donors (Lipinski definition) is 1. The van der Waals surface area contributed by atoms with Gasteiger partial charge in [-0.15, -0.1) is 5.06 Å². The van der Waals surface area contributed by atoms with Gasteiger partial charge < -0.3 is 10.1 Å². The molecule has 0 aliphatic carbocycles. The number of amides is 3. The molecule has 0 bridgehead atoms. The van der Waals surface area contributed by atoms with Gasteiger partial charge in [0.2, 0.25) is 0 Å². The van der Waals surface area contributed by atoms with Gasteiger partial charge >= 0.3 is 12.0 Å². The Hall–Kier alpha value is -1.67. The molecule has 0 saturated carbocycles. The topological polar surface area (TPSA) is 88.2 Å². The number of piperidine rings is 1. The molecule has 8 heteroatoms. The summed E-state index contributed by atoms with van der Waals surface area (Å²) in [4.78, 5) is 43.0. The number of hydroxylamine groups is 2. The molecule has 1 heterocycles. The zero-order valence-electron chi connectivity index (χ0n) is 17.0. The van der Waals surface area contributed by atoms with Crippen LogP contribution >= 0.6 is 0 Å². The fraction of sp³-hybridized carbons (Fsp3) is 0.842. The van der Waals surface area contributed by atoms with Crippen LogP contribution in [0.3, 0.4) is 0 Å². The second-order valence-corrected chi connectivity index (χ2v) is 6.99. The number of nitrogens with one attached hydrogen (secondary N) is 1. The summed E-state index contributed by atoms with van der Waals surface area (Å²) in [5.41, 5.74) is 0. The van der Waals surface area contributed by atoms with E-state index in [1.807, 2.05) is 0 Å². The maximum absolute atomic E-state index is 12.2. The Morgan fingerprint density at radius 1 is 1.07 bits per heavy atom. The van der Waals surface area contributed by atoms with Gasteiger partial charge in [0, 0.05) is 26.9 Å². The van der Waals surface area contributed by atoms with Gasteiger partial charge in [-0.25, -0.2) is 4.79 Å². The van der Waals surface area contributed by atoms with E-state index in [1.54, 1.807) is 0 Å². The molecule has 156 valence electrons. The van der Waals surface area contributed by atoms with Crippen LogP contribution in [0.25, 0.3) is 0 Å². The molecule has 1 fully saturated rings. The summed E-state index contributed by atoms with van der Waals surface area (Å²) in [6, 6.07) is -0.585. The summed E-state index contributed by atoms with van der Waals surface area (Å²) in [7, 11) is 0. The first-order valence-corrected chi connectivity index (χ1v) is 10.0. The summed E-state index contributed by atoms with van der Waals surface area (Å²) >= 11 is 0. The minimum absolute atomic E-state index is 0.0427. The monoisotopic (exact) mass is 385 g/mol. The van der Waals surface area contributed by atoms with Crippen LogP contribution in [0.2, 0.25) is 0 Å². The van der Waals surface area contributed by atoms with Gasteiger partial charge in [0.15, 0.2) is 0 Å². The molecule has 3 amide bonds. The number of ether oxygens (including phenoxy) is 1. The molecule has 0 aromatic heterocycles. The van der Waals surface area contributed by atoms with Gasteiger partial charge in [0.25, 0.3) is 5.91 Å². The highest BCUT2D eigenvalue weighted by molar-refractivity contribution is 5.91. The standard InChI is InChI=1S/C19H35N3O5/c1-4-5-6-8-11-20-19(25)22(16(2)23)26-15-18(27-17(3)24)14-21-12-9-7-10-13-21/h18H,4-15H2,1-3H3,(H,20,25). The van der Waals surface area contributed by atoms with E-state index in [9.17, 15) is 14.4 Å². The number of nitrogens with zero attached hydrogens (tertiary/aromatic N) is 2. The second kappa shape index (κ2) is 13.5. The van der Waals surface area contributed by atoms with Gasteiger partial charge in [0.05, 0.1) is 0 Å². The van der Waals surface area contributed by atoms with Gasteiger partial charge in [-0.2, -0.15) is 0 Å². The normalized spacial score (nSPS) is 15.8. The van der Waals surface area contributed by atoms with E-state index in [4.69, 9.17) is 9.57 Å². The maximum Gasteiger partial charge on any atom is 0.348 e. The molecule has 1 aliphatic rings. The number of imide groups is 1. The minimum Gasteiger partial charge on any atom is -0.459 e. The van der Waals surface area contributed by atoms with Gasteiger partial charge in [-0.3, -0.25) is 19.3 Å². The molecule has 0 aromatic carbocycles. The van der Waals surface area contributed by atoms with E-state index >= 15 is 0 Å². The molecule has 27 heavy (non-hydrogen) atoms. The number of urea groups is 1. The summed E-state index contributed by atoms with van der Waals surface area (Å²) in [6.45, 7) is 7.61. The highest BCUT2D eigenvalue weighted by atomic mass is 16.7. The van der Waals surface area contributed by atoms with Crippen molar-refractivity contribution >= 4 is 17.9 Å². The van der Waals surface area contributed by atoms with Crippen LogP contribution in [0.4, 0.5) is 4.79 Å². The van der Waals surface area contributed by atoms with Gasteiger partial charge in [-0.1, -0.05) is 32.6 Å². The number of hydrogen-bond acceptors (Lipinski definition) is 6. The van der Waals surface area contributed by atoms with Crippen LogP contribution < -0.4 is 5.32 Å². The van der Waals surface area contributed by atoms with Crippen molar-refractivity contribution in [3.8, 4) is 0 Å². The largest absolute Gasteiger partial charge is 0.459 e. The fourth-order valence-electron chi connectivity index (χ4n) is 3.06. The summed E-state index contributed by atoms with van der Waals surface area (Å²) in [6.07, 6.45) is 7.04. The molecule has 8 nitrogen and oxygen atoms in total. The Bertz CT molecular complexity index is 466. The van der Waals surface area contributed by atoms with Crippen molar-refractivity contribution in [2.45, 2.75) is 71.8 Å². The molecule has 0 spiro atoms. The molecule has 1 N–H and O–H groups in total. The lowest BCUT2D eigenvalue weighted by Crippen LogP contribution is -2.46. The minimum atomic E-state index is -0.585. The van der Waals surface area contributed by atoms with E-state index in [2.05, 4.69) is 17.1 Å². The van der Waals surface area contributed by atoms with Crippen LogP contribution in [0.1, 0.15) is 65.7 Å². The van der Waals surface area contributed by atoms with E-state index in [1.165, 1.54) is 20.3 Å². The average Bonchev–Trinajstić information content (AvgIpc) is 2.61. The van der Waals surface area contributed by atoms with Crippen molar-refractivity contribution < 1.29 is 24.0 Å². The first kappa shape index (κ1) is 23.4. The van der Waals surface area contributed by atoms with E-state index in [0.717, 1.165) is 51.6 Å². The first-order valence-electron chi connectivity index (χ1n) is 10.0. The third-order valence-electron chi connectivity index (χ3n) is 4.41. The summed E-state index contributed by atoms with van der Waals surface area (Å²) in [5.74, 6) is -0.920. The van der Waals surface area contributed by atoms with Crippen LogP contribution in [0.5, 0.6) is 0 Å². The Kier molecular flexibility index (Phi) is 11.7. The predicted molar refractivity (Wildman–Crippen MR) is 102 cm³/mol. The lowest BCUT2D eigenvalue weighted by molar-refractivity contribution is -0.181. The molecule has 1 unspecified atom stereocenters. The second-order valence-electron chi connectivity index (χ2n) is 6.99. The van der Waals surface area contributed by atoms with Crippen LogP contribution in [0.15, 0.2) is 0 Å². The molecule has 1 aliphatic heterocycles. The van der Waals surface area contributed by atoms with Crippen LogP contribution in [-0.2, 0) is 19.2 Å². The molecule has 1 saturated heterocycles. The summed E-state index contributed by atoms with van der Waals surface area (Å²) < 4.78 is 5.31. The third-order valence-corrected chi connectivity index (χ3v) is 4.41. The highest BCUT2D eigenvalue weighted by Crippen LogP contribution is 2.11. The molecular formula is C19H35N3O5. The van der Waals surface area contributed by atoms with Crippen molar-refractivity contribution in [3.63, 3.8) is 0 Å². The Labute approximate surface area is 162 Å². The van der Waals surface area contributed by atoms with Crippen molar-refractivity contribution in [2.24, 2.45) is 0 Å². The third kappa shape index (κ3) is 10.3. The Morgan fingerprint density at radius 3 is 2.37 bits per heavy atom. The van der Waals surface area contributed by atoms with Crippen molar-refractivity contribution in [2.75, 3.05) is 32.8 Å².